The van der Waals surface area contributed by atoms with Gasteiger partial charge < -0.3 is 19.5 Å². The van der Waals surface area contributed by atoms with E-state index in [1.54, 1.807) is 0 Å². The summed E-state index contributed by atoms with van der Waals surface area (Å²) in [6.07, 6.45) is 3.85. The van der Waals surface area contributed by atoms with E-state index in [1.807, 2.05) is 6.07 Å². The Labute approximate surface area is 114 Å². The van der Waals surface area contributed by atoms with Gasteiger partial charge in [0.25, 0.3) is 0 Å². The zero-order chi connectivity index (χ0) is 13.1. The van der Waals surface area contributed by atoms with Gasteiger partial charge >= 0.3 is 0 Å². The summed E-state index contributed by atoms with van der Waals surface area (Å²) >= 11 is 0. The first-order valence-corrected chi connectivity index (χ1v) is 7.14. The van der Waals surface area contributed by atoms with Gasteiger partial charge in [0, 0.05) is 12.1 Å². The van der Waals surface area contributed by atoms with Crippen LogP contribution in [-0.2, 0) is 11.3 Å². The lowest BCUT2D eigenvalue weighted by atomic mass is 10.0. The minimum Gasteiger partial charge on any atom is -0.454 e. The zero-order valence-corrected chi connectivity index (χ0v) is 11.4. The minimum absolute atomic E-state index is 0.0910. The van der Waals surface area contributed by atoms with Gasteiger partial charge in [0.15, 0.2) is 11.5 Å². The molecule has 2 aliphatic heterocycles. The van der Waals surface area contributed by atoms with E-state index in [0.29, 0.717) is 13.4 Å². The number of benzene rings is 1. The third kappa shape index (κ3) is 2.55. The van der Waals surface area contributed by atoms with E-state index in [4.69, 9.17) is 14.2 Å². The molecule has 0 fully saturated rings. The Bertz CT molecular complexity index is 447. The largest absolute Gasteiger partial charge is 0.454 e. The van der Waals surface area contributed by atoms with Crippen molar-refractivity contribution in [1.29, 1.82) is 0 Å². The highest BCUT2D eigenvalue weighted by Gasteiger charge is 2.31. The Kier molecular flexibility index (Phi) is 3.89. The van der Waals surface area contributed by atoms with E-state index in [-0.39, 0.29) is 6.10 Å². The molecular formula is C15H21NO3. The Morgan fingerprint density at radius 1 is 1.26 bits per heavy atom. The van der Waals surface area contributed by atoms with Crippen molar-refractivity contribution in [2.24, 2.45) is 0 Å². The lowest BCUT2D eigenvalue weighted by molar-refractivity contribution is 0.0644. The lowest BCUT2D eigenvalue weighted by Gasteiger charge is -2.14. The molecule has 0 radical (unpaired) electrons. The molecule has 1 aromatic rings. The van der Waals surface area contributed by atoms with Crippen molar-refractivity contribution in [3.8, 4) is 11.5 Å². The maximum atomic E-state index is 5.86. The van der Waals surface area contributed by atoms with Crippen molar-refractivity contribution in [3.63, 3.8) is 0 Å². The first-order chi connectivity index (χ1) is 9.40. The second kappa shape index (κ2) is 5.80. The van der Waals surface area contributed by atoms with E-state index < -0.39 is 0 Å². The molecule has 0 aromatic heterocycles. The Balaban J connectivity index is 1.63. The van der Waals surface area contributed by atoms with Crippen molar-refractivity contribution in [1.82, 2.24) is 5.32 Å². The number of nitrogens with one attached hydrogen (secondary N) is 1. The van der Waals surface area contributed by atoms with Crippen LogP contribution in [0.25, 0.3) is 0 Å². The van der Waals surface area contributed by atoms with Gasteiger partial charge in [-0.1, -0.05) is 25.8 Å². The number of unbranched alkanes of at least 4 members (excludes halogenated alkanes) is 2. The van der Waals surface area contributed by atoms with Crippen LogP contribution in [-0.4, -0.2) is 19.9 Å². The fraction of sp³-hybridized carbons (Fsp3) is 0.600. The summed E-state index contributed by atoms with van der Waals surface area (Å²) in [5.74, 6) is 1.73. The van der Waals surface area contributed by atoms with Crippen LogP contribution in [0.15, 0.2) is 12.1 Å². The van der Waals surface area contributed by atoms with Crippen molar-refractivity contribution >= 4 is 0 Å². The molecule has 2 heterocycles. The molecule has 1 aromatic carbocycles. The smallest absolute Gasteiger partial charge is 0.231 e. The summed E-state index contributed by atoms with van der Waals surface area (Å²) in [5.41, 5.74) is 2.41. The van der Waals surface area contributed by atoms with Gasteiger partial charge in [0.1, 0.15) is 0 Å². The first kappa shape index (κ1) is 12.8. The number of hydrogen-bond donors (Lipinski definition) is 1. The van der Waals surface area contributed by atoms with E-state index in [1.165, 1.54) is 30.4 Å². The summed E-state index contributed by atoms with van der Waals surface area (Å²) in [6.45, 7) is 5.11. The number of ether oxygens (including phenoxy) is 3. The van der Waals surface area contributed by atoms with E-state index in [9.17, 15) is 0 Å². The molecule has 0 saturated carbocycles. The zero-order valence-electron chi connectivity index (χ0n) is 11.4. The molecule has 1 atom stereocenters. The molecule has 0 spiro atoms. The van der Waals surface area contributed by atoms with E-state index >= 15 is 0 Å². The van der Waals surface area contributed by atoms with Gasteiger partial charge in [-0.2, -0.15) is 0 Å². The molecule has 4 nitrogen and oxygen atoms in total. The quantitative estimate of drug-likeness (QED) is 0.801. The summed E-state index contributed by atoms with van der Waals surface area (Å²) < 4.78 is 16.9. The van der Waals surface area contributed by atoms with Gasteiger partial charge in [-0.15, -0.1) is 0 Å². The predicted octanol–water partition coefficient (Wildman–Crippen LogP) is 2.77. The third-order valence-corrected chi connectivity index (χ3v) is 3.72. The molecule has 1 N–H and O–H groups in total. The molecule has 19 heavy (non-hydrogen) atoms. The summed E-state index contributed by atoms with van der Waals surface area (Å²) in [6, 6.07) is 4.06. The standard InChI is InChI=1S/C15H21NO3/c1-2-3-4-7-16-8-13-14-11(9-17-13)5-6-12-15(14)19-10-18-12/h5-6,13,16H,2-4,7-10H2,1H3/t13-/m1/s1. The number of rotatable bonds is 6. The lowest BCUT2D eigenvalue weighted by Crippen LogP contribution is -2.22. The van der Waals surface area contributed by atoms with Gasteiger partial charge in [0.05, 0.1) is 12.7 Å². The van der Waals surface area contributed by atoms with Gasteiger partial charge in [0.2, 0.25) is 6.79 Å². The summed E-state index contributed by atoms with van der Waals surface area (Å²) in [4.78, 5) is 0. The molecule has 0 aliphatic carbocycles. The van der Waals surface area contributed by atoms with Crippen LogP contribution >= 0.6 is 0 Å². The fourth-order valence-corrected chi connectivity index (χ4v) is 2.68. The van der Waals surface area contributed by atoms with E-state index in [0.717, 1.165) is 24.6 Å². The summed E-state index contributed by atoms with van der Waals surface area (Å²) in [5, 5.41) is 3.47. The minimum atomic E-state index is 0.0910. The fourth-order valence-electron chi connectivity index (χ4n) is 2.68. The molecule has 2 aliphatic rings. The van der Waals surface area contributed by atoms with E-state index in [2.05, 4.69) is 18.3 Å². The second-order valence-electron chi connectivity index (χ2n) is 5.08. The highest BCUT2D eigenvalue weighted by atomic mass is 16.7. The van der Waals surface area contributed by atoms with Crippen LogP contribution in [0, 0.1) is 0 Å². The topological polar surface area (TPSA) is 39.7 Å². The average molecular weight is 263 g/mol. The highest BCUT2D eigenvalue weighted by molar-refractivity contribution is 5.54. The van der Waals surface area contributed by atoms with Gasteiger partial charge in [-0.05, 0) is 24.6 Å². The van der Waals surface area contributed by atoms with Crippen LogP contribution in [0.3, 0.4) is 0 Å². The molecule has 0 bridgehead atoms. The maximum absolute atomic E-state index is 5.86. The highest BCUT2D eigenvalue weighted by Crippen LogP contribution is 2.45. The van der Waals surface area contributed by atoms with Crippen LogP contribution in [0.5, 0.6) is 11.5 Å². The van der Waals surface area contributed by atoms with Gasteiger partial charge in [-0.25, -0.2) is 0 Å². The molecule has 104 valence electrons. The van der Waals surface area contributed by atoms with Gasteiger partial charge in [-0.3, -0.25) is 0 Å². The Morgan fingerprint density at radius 3 is 3.11 bits per heavy atom. The van der Waals surface area contributed by atoms with Crippen LogP contribution in [0.4, 0.5) is 0 Å². The molecular weight excluding hydrogens is 242 g/mol. The predicted molar refractivity (Wildman–Crippen MR) is 72.5 cm³/mol. The molecule has 3 rings (SSSR count). The third-order valence-electron chi connectivity index (χ3n) is 3.72. The second-order valence-corrected chi connectivity index (χ2v) is 5.08. The van der Waals surface area contributed by atoms with Crippen molar-refractivity contribution in [2.75, 3.05) is 19.9 Å². The molecule has 4 heteroatoms. The normalized spacial score (nSPS) is 19.7. The van der Waals surface area contributed by atoms with Crippen molar-refractivity contribution < 1.29 is 14.2 Å². The van der Waals surface area contributed by atoms with Crippen LogP contribution in [0.1, 0.15) is 43.4 Å². The first-order valence-electron chi connectivity index (χ1n) is 7.14. The molecule has 0 saturated heterocycles. The average Bonchev–Trinajstić information content (AvgIpc) is 3.03. The van der Waals surface area contributed by atoms with Crippen molar-refractivity contribution in [3.05, 3.63) is 23.3 Å². The molecule has 0 amide bonds. The summed E-state index contributed by atoms with van der Waals surface area (Å²) in [7, 11) is 0. The molecule has 0 unspecified atom stereocenters. The number of hydrogen-bond acceptors (Lipinski definition) is 4. The Morgan fingerprint density at radius 2 is 2.21 bits per heavy atom. The SMILES string of the molecule is CCCCCNC[C@H]1OCc2ccc3c(c21)OCO3. The van der Waals surface area contributed by atoms with Crippen LogP contribution in [0.2, 0.25) is 0 Å². The van der Waals surface area contributed by atoms with Crippen LogP contribution < -0.4 is 14.8 Å². The monoisotopic (exact) mass is 263 g/mol. The number of fused-ring (bicyclic) bond motifs is 3. The maximum Gasteiger partial charge on any atom is 0.231 e. The Hall–Kier alpha value is -1.26. The van der Waals surface area contributed by atoms with Crippen molar-refractivity contribution in [2.45, 2.75) is 38.9 Å².